The maximum Gasteiger partial charge on any atom is 0.343 e. The van der Waals surface area contributed by atoms with Crippen molar-refractivity contribution in [1.82, 2.24) is 0 Å². The molecular formula is C22H22N2O5. The van der Waals surface area contributed by atoms with Crippen LogP contribution < -0.4 is 15.0 Å². The zero-order valence-electron chi connectivity index (χ0n) is 16.1. The van der Waals surface area contributed by atoms with Crippen LogP contribution in [-0.2, 0) is 19.1 Å². The molecule has 0 aliphatic carbocycles. The first-order valence-corrected chi connectivity index (χ1v) is 9.24. The van der Waals surface area contributed by atoms with Gasteiger partial charge in [0.25, 0.3) is 0 Å². The van der Waals surface area contributed by atoms with E-state index in [4.69, 9.17) is 4.74 Å². The SMILES string of the molecule is COC(=O)COc1ccc(NC(=O)C=Cc2ccc(N3CCCC3=O)cc2)cc1. The number of esters is 1. The standard InChI is InChI=1S/C22H22N2O5/c1-28-22(27)15-29-19-11-7-17(8-12-19)23-20(25)13-6-16-4-9-18(10-5-16)24-14-2-3-21(24)26/h4-13H,2-3,14-15H2,1H3,(H,23,25). The molecule has 0 radical (unpaired) electrons. The van der Waals surface area contributed by atoms with Crippen LogP contribution in [0.25, 0.3) is 6.08 Å². The van der Waals surface area contributed by atoms with E-state index in [0.29, 0.717) is 17.9 Å². The second-order valence-electron chi connectivity index (χ2n) is 6.45. The van der Waals surface area contributed by atoms with E-state index in [1.54, 1.807) is 35.2 Å². The Bertz CT molecular complexity index is 904. The molecule has 0 saturated carbocycles. The number of hydrogen-bond acceptors (Lipinski definition) is 5. The molecule has 150 valence electrons. The van der Waals surface area contributed by atoms with Gasteiger partial charge in [0.2, 0.25) is 11.8 Å². The fraction of sp³-hybridized carbons (Fsp3) is 0.227. The van der Waals surface area contributed by atoms with Crippen LogP contribution in [0.2, 0.25) is 0 Å². The molecule has 0 atom stereocenters. The molecule has 7 nitrogen and oxygen atoms in total. The molecule has 1 aliphatic heterocycles. The number of nitrogens with one attached hydrogen (secondary N) is 1. The van der Waals surface area contributed by atoms with Crippen LogP contribution in [0.1, 0.15) is 18.4 Å². The van der Waals surface area contributed by atoms with Crippen LogP contribution in [0.3, 0.4) is 0 Å². The van der Waals surface area contributed by atoms with Crippen LogP contribution >= 0.6 is 0 Å². The first kappa shape index (κ1) is 20.1. The Balaban J connectivity index is 1.51. The van der Waals surface area contributed by atoms with Crippen molar-refractivity contribution in [3.63, 3.8) is 0 Å². The summed E-state index contributed by atoms with van der Waals surface area (Å²) in [5.41, 5.74) is 2.35. The second kappa shape index (κ2) is 9.54. The maximum atomic E-state index is 12.1. The fourth-order valence-electron chi connectivity index (χ4n) is 2.88. The Morgan fingerprint density at radius 1 is 1.10 bits per heavy atom. The van der Waals surface area contributed by atoms with Crippen molar-refractivity contribution in [3.05, 3.63) is 60.2 Å². The van der Waals surface area contributed by atoms with E-state index in [1.807, 2.05) is 24.3 Å². The highest BCUT2D eigenvalue weighted by molar-refractivity contribution is 6.02. The summed E-state index contributed by atoms with van der Waals surface area (Å²) in [6, 6.07) is 14.2. The molecule has 0 unspecified atom stereocenters. The highest BCUT2D eigenvalue weighted by Crippen LogP contribution is 2.22. The number of anilines is 2. The van der Waals surface area contributed by atoms with Gasteiger partial charge in [-0.25, -0.2) is 4.79 Å². The predicted molar refractivity (Wildman–Crippen MR) is 110 cm³/mol. The molecule has 1 fully saturated rings. The third-order valence-corrected chi connectivity index (χ3v) is 4.41. The average Bonchev–Trinajstić information content (AvgIpc) is 3.17. The first-order valence-electron chi connectivity index (χ1n) is 9.24. The van der Waals surface area contributed by atoms with Crippen molar-refractivity contribution in [2.24, 2.45) is 0 Å². The summed E-state index contributed by atoms with van der Waals surface area (Å²) in [4.78, 5) is 36.7. The van der Waals surface area contributed by atoms with Gasteiger partial charge in [-0.15, -0.1) is 0 Å². The van der Waals surface area contributed by atoms with Crippen molar-refractivity contribution in [1.29, 1.82) is 0 Å². The Morgan fingerprint density at radius 3 is 2.45 bits per heavy atom. The molecule has 0 aromatic heterocycles. The number of ether oxygens (including phenoxy) is 2. The predicted octanol–water partition coefficient (Wildman–Crippen LogP) is 3.02. The van der Waals surface area contributed by atoms with Crippen LogP contribution in [0.15, 0.2) is 54.6 Å². The molecule has 2 aromatic carbocycles. The fourth-order valence-corrected chi connectivity index (χ4v) is 2.88. The van der Waals surface area contributed by atoms with Crippen molar-refractivity contribution in [2.45, 2.75) is 12.8 Å². The number of amides is 2. The van der Waals surface area contributed by atoms with Crippen LogP contribution in [-0.4, -0.2) is 38.0 Å². The van der Waals surface area contributed by atoms with Gasteiger partial charge in [0.05, 0.1) is 7.11 Å². The maximum absolute atomic E-state index is 12.1. The molecule has 7 heteroatoms. The number of rotatable bonds is 7. The smallest absolute Gasteiger partial charge is 0.343 e. The molecule has 0 spiro atoms. The van der Waals surface area contributed by atoms with Gasteiger partial charge in [0, 0.05) is 30.4 Å². The van der Waals surface area contributed by atoms with Crippen molar-refractivity contribution < 1.29 is 23.9 Å². The molecule has 1 aliphatic rings. The lowest BCUT2D eigenvalue weighted by atomic mass is 10.2. The molecule has 3 rings (SSSR count). The highest BCUT2D eigenvalue weighted by atomic mass is 16.6. The first-order chi connectivity index (χ1) is 14.0. The minimum atomic E-state index is -0.465. The van der Waals surface area contributed by atoms with Crippen molar-refractivity contribution in [3.8, 4) is 5.75 Å². The molecule has 2 aromatic rings. The van der Waals surface area contributed by atoms with Crippen LogP contribution in [0.4, 0.5) is 11.4 Å². The van der Waals surface area contributed by atoms with Gasteiger partial charge < -0.3 is 19.7 Å². The average molecular weight is 394 g/mol. The van der Waals surface area contributed by atoms with Gasteiger partial charge in [0.1, 0.15) is 5.75 Å². The molecule has 2 amide bonds. The van der Waals surface area contributed by atoms with Gasteiger partial charge in [0.15, 0.2) is 6.61 Å². The van der Waals surface area contributed by atoms with E-state index < -0.39 is 5.97 Å². The van der Waals surface area contributed by atoms with E-state index in [9.17, 15) is 14.4 Å². The summed E-state index contributed by atoms with van der Waals surface area (Å²) in [7, 11) is 1.29. The van der Waals surface area contributed by atoms with Crippen LogP contribution in [0.5, 0.6) is 5.75 Å². The van der Waals surface area contributed by atoms with Gasteiger partial charge >= 0.3 is 5.97 Å². The lowest BCUT2D eigenvalue weighted by molar-refractivity contribution is -0.142. The molecule has 1 heterocycles. The third-order valence-electron chi connectivity index (χ3n) is 4.41. The normalized spacial score (nSPS) is 13.6. The number of carbonyl (C=O) groups is 3. The lowest BCUT2D eigenvalue weighted by Crippen LogP contribution is -2.23. The summed E-state index contributed by atoms with van der Waals surface area (Å²) in [6.07, 6.45) is 4.63. The summed E-state index contributed by atoms with van der Waals surface area (Å²) in [6.45, 7) is 0.582. The van der Waals surface area contributed by atoms with E-state index >= 15 is 0 Å². The number of hydrogen-bond donors (Lipinski definition) is 1. The second-order valence-corrected chi connectivity index (χ2v) is 6.45. The zero-order chi connectivity index (χ0) is 20.6. The summed E-state index contributed by atoms with van der Waals surface area (Å²) in [5.74, 6) is -0.0884. The monoisotopic (exact) mass is 394 g/mol. The van der Waals surface area contributed by atoms with Gasteiger partial charge in [-0.05, 0) is 54.5 Å². The van der Waals surface area contributed by atoms with Crippen molar-refractivity contribution in [2.75, 3.05) is 30.5 Å². The van der Waals surface area contributed by atoms with Crippen LogP contribution in [0, 0.1) is 0 Å². The third kappa shape index (κ3) is 5.68. The largest absolute Gasteiger partial charge is 0.482 e. The number of benzene rings is 2. The van der Waals surface area contributed by atoms with E-state index in [2.05, 4.69) is 10.1 Å². The highest BCUT2D eigenvalue weighted by Gasteiger charge is 2.21. The Morgan fingerprint density at radius 2 is 1.83 bits per heavy atom. The molecular weight excluding hydrogens is 372 g/mol. The summed E-state index contributed by atoms with van der Waals surface area (Å²) < 4.78 is 9.75. The van der Waals surface area contributed by atoms with E-state index in [0.717, 1.165) is 24.2 Å². The van der Waals surface area contributed by atoms with E-state index in [-0.39, 0.29) is 18.4 Å². The Labute approximate surface area is 168 Å². The topological polar surface area (TPSA) is 84.9 Å². The molecule has 1 saturated heterocycles. The number of carbonyl (C=O) groups excluding carboxylic acids is 3. The van der Waals surface area contributed by atoms with Gasteiger partial charge in [-0.1, -0.05) is 12.1 Å². The minimum Gasteiger partial charge on any atom is -0.482 e. The van der Waals surface area contributed by atoms with E-state index in [1.165, 1.54) is 13.2 Å². The molecule has 29 heavy (non-hydrogen) atoms. The summed E-state index contributed by atoms with van der Waals surface area (Å²) >= 11 is 0. The minimum absolute atomic E-state index is 0.148. The Kier molecular flexibility index (Phi) is 6.63. The summed E-state index contributed by atoms with van der Waals surface area (Å²) in [5, 5.41) is 2.75. The number of methoxy groups -OCH3 is 1. The van der Waals surface area contributed by atoms with Crippen molar-refractivity contribution >= 4 is 35.2 Å². The lowest BCUT2D eigenvalue weighted by Gasteiger charge is -2.15. The Hall–Kier alpha value is -3.61. The zero-order valence-corrected chi connectivity index (χ0v) is 16.1. The quantitative estimate of drug-likeness (QED) is 0.576. The van der Waals surface area contributed by atoms with Gasteiger partial charge in [-0.3, -0.25) is 9.59 Å². The molecule has 0 bridgehead atoms. The molecule has 1 N–H and O–H groups in total. The number of nitrogens with zero attached hydrogens (tertiary/aromatic N) is 1. The van der Waals surface area contributed by atoms with Gasteiger partial charge in [-0.2, -0.15) is 0 Å².